The topological polar surface area (TPSA) is 131 Å². The lowest BCUT2D eigenvalue weighted by Crippen LogP contribution is -2.43. The minimum Gasteiger partial charge on any atom is -0.475 e. The van der Waals surface area contributed by atoms with Gasteiger partial charge >= 0.3 is 24.3 Å². The highest BCUT2D eigenvalue weighted by molar-refractivity contribution is 6.32. The van der Waals surface area contributed by atoms with E-state index in [9.17, 15) is 31.1 Å². The minimum absolute atomic E-state index is 0.146. The van der Waals surface area contributed by atoms with E-state index in [2.05, 4.69) is 39.9 Å². The number of nitrogens with zero attached hydrogens (tertiary/aromatic N) is 1. The third kappa shape index (κ3) is 11.4. The Morgan fingerprint density at radius 3 is 1.93 bits per heavy atom. The van der Waals surface area contributed by atoms with Crippen molar-refractivity contribution in [1.29, 1.82) is 0 Å². The largest absolute Gasteiger partial charge is 0.490 e. The first-order chi connectivity index (χ1) is 20.0. The second-order valence-corrected chi connectivity index (χ2v) is 9.58. The minimum atomic E-state index is -5.08. The lowest BCUT2D eigenvalue weighted by atomic mass is 9.99. The van der Waals surface area contributed by atoms with Crippen molar-refractivity contribution in [2.75, 3.05) is 49.5 Å². The van der Waals surface area contributed by atoms with Crippen LogP contribution in [0.1, 0.15) is 27.9 Å². The van der Waals surface area contributed by atoms with Crippen molar-refractivity contribution >= 4 is 46.4 Å². The summed E-state index contributed by atoms with van der Waals surface area (Å²) in [4.78, 5) is 32.9. The lowest BCUT2D eigenvalue weighted by molar-refractivity contribution is -0.193. The average Bonchev–Trinajstić information content (AvgIpc) is 2.93. The number of carboxylic acid groups (broad SMARTS) is 2. The summed E-state index contributed by atoms with van der Waals surface area (Å²) in [6.07, 6.45) is -7.06. The zero-order valence-electron chi connectivity index (χ0n) is 22.7. The first-order valence-corrected chi connectivity index (χ1v) is 13.1. The van der Waals surface area contributed by atoms with Crippen molar-refractivity contribution in [2.45, 2.75) is 25.7 Å². The summed E-state index contributed by atoms with van der Waals surface area (Å²) in [6.45, 7) is 7.91. The smallest absolute Gasteiger partial charge is 0.475 e. The van der Waals surface area contributed by atoms with Crippen LogP contribution in [-0.2, 0) is 9.59 Å². The third-order valence-electron chi connectivity index (χ3n) is 6.04. The predicted molar refractivity (Wildman–Crippen MR) is 149 cm³/mol. The molecule has 4 rings (SSSR count). The van der Waals surface area contributed by atoms with Crippen LogP contribution in [0.4, 0.5) is 37.7 Å². The van der Waals surface area contributed by atoms with Crippen LogP contribution in [0, 0.1) is 6.92 Å². The molecule has 0 unspecified atom stereocenters. The van der Waals surface area contributed by atoms with E-state index >= 15 is 0 Å². The van der Waals surface area contributed by atoms with Crippen LogP contribution in [0.15, 0.2) is 42.5 Å². The van der Waals surface area contributed by atoms with Gasteiger partial charge in [-0.05, 0) is 66.9 Å². The summed E-state index contributed by atoms with van der Waals surface area (Å²) in [5.41, 5.74) is 6.01. The molecular formula is C27H29ClF6N4O5. The van der Waals surface area contributed by atoms with Crippen molar-refractivity contribution in [3.05, 3.63) is 64.2 Å². The van der Waals surface area contributed by atoms with Gasteiger partial charge in [0.2, 0.25) is 0 Å². The van der Waals surface area contributed by atoms with E-state index in [-0.39, 0.29) is 5.91 Å². The lowest BCUT2D eigenvalue weighted by Gasteiger charge is -2.30. The van der Waals surface area contributed by atoms with Crippen molar-refractivity contribution in [1.82, 2.24) is 10.6 Å². The molecule has 0 spiro atoms. The van der Waals surface area contributed by atoms with E-state index in [1.54, 1.807) is 6.07 Å². The molecule has 9 nitrogen and oxygen atoms in total. The Hall–Kier alpha value is -3.82. The maximum Gasteiger partial charge on any atom is 0.490 e. The van der Waals surface area contributed by atoms with Gasteiger partial charge in [-0.3, -0.25) is 4.79 Å². The fourth-order valence-corrected chi connectivity index (χ4v) is 4.28. The summed E-state index contributed by atoms with van der Waals surface area (Å²) < 4.78 is 63.5. The van der Waals surface area contributed by atoms with E-state index < -0.39 is 24.3 Å². The van der Waals surface area contributed by atoms with Crippen LogP contribution in [0.2, 0.25) is 5.02 Å². The van der Waals surface area contributed by atoms with E-state index in [1.165, 1.54) is 11.3 Å². The number of carboxylic acids is 2. The molecule has 2 aliphatic heterocycles. The summed E-state index contributed by atoms with van der Waals surface area (Å²) in [5.74, 6) is -5.66. The average molecular weight is 639 g/mol. The van der Waals surface area contributed by atoms with Crippen LogP contribution in [0.3, 0.4) is 0 Å². The predicted octanol–water partition coefficient (Wildman–Crippen LogP) is 4.95. The number of carbonyl (C=O) groups is 3. The quantitative estimate of drug-likeness (QED) is 0.297. The Kier molecular flexibility index (Phi) is 12.8. The Labute approximate surface area is 247 Å². The first kappa shape index (κ1) is 35.4. The monoisotopic (exact) mass is 638 g/mol. The van der Waals surface area contributed by atoms with Gasteiger partial charge in [0.05, 0.1) is 0 Å². The number of alkyl halides is 6. The zero-order chi connectivity index (χ0) is 32.4. The third-order valence-corrected chi connectivity index (χ3v) is 6.35. The second kappa shape index (κ2) is 15.6. The molecule has 1 amide bonds. The molecule has 2 heterocycles. The van der Waals surface area contributed by atoms with Gasteiger partial charge in [-0.25, -0.2) is 9.59 Å². The van der Waals surface area contributed by atoms with E-state index in [4.69, 9.17) is 31.4 Å². The molecular weight excluding hydrogens is 610 g/mol. The van der Waals surface area contributed by atoms with Gasteiger partial charge in [0.1, 0.15) is 0 Å². The fraction of sp³-hybridized carbons (Fsp3) is 0.370. The number of halogens is 7. The molecule has 0 radical (unpaired) electrons. The summed E-state index contributed by atoms with van der Waals surface area (Å²) in [6, 6.07) is 11.7. The number of piperazine rings is 1. The highest BCUT2D eigenvalue weighted by Gasteiger charge is 2.38. The number of hydrogen-bond acceptors (Lipinski definition) is 6. The number of aryl methyl sites for hydroxylation is 1. The molecule has 2 aromatic rings. The molecule has 0 saturated carbocycles. The van der Waals surface area contributed by atoms with Gasteiger partial charge in [0.25, 0.3) is 5.91 Å². The van der Waals surface area contributed by atoms with Crippen molar-refractivity contribution < 1.29 is 50.9 Å². The summed E-state index contributed by atoms with van der Waals surface area (Å²) in [7, 11) is 0. The highest BCUT2D eigenvalue weighted by atomic mass is 35.5. The van der Waals surface area contributed by atoms with Crippen LogP contribution in [0.5, 0.6) is 0 Å². The SMILES string of the molecule is Cc1cc(NC(=O)c2ccc(C3=CCNCC3)c(Cl)c2)ccc1N1CCNCC1.O=C(O)C(F)(F)F.O=C(O)C(F)(F)F. The molecule has 1 fully saturated rings. The number of anilines is 2. The van der Waals surface area contributed by atoms with Crippen molar-refractivity contribution in [3.63, 3.8) is 0 Å². The molecule has 0 aromatic heterocycles. The molecule has 2 aromatic carbocycles. The van der Waals surface area contributed by atoms with Gasteiger partial charge in [0, 0.05) is 54.7 Å². The number of rotatable bonds is 4. The highest BCUT2D eigenvalue weighted by Crippen LogP contribution is 2.29. The van der Waals surface area contributed by atoms with Gasteiger partial charge in [-0.2, -0.15) is 26.3 Å². The number of carbonyl (C=O) groups excluding carboxylic acids is 1. The summed E-state index contributed by atoms with van der Waals surface area (Å²) in [5, 5.41) is 24.5. The molecule has 5 N–H and O–H groups in total. The van der Waals surface area contributed by atoms with Crippen molar-refractivity contribution in [3.8, 4) is 0 Å². The second-order valence-electron chi connectivity index (χ2n) is 9.18. The molecule has 2 aliphatic rings. The van der Waals surface area contributed by atoms with Gasteiger partial charge in [0.15, 0.2) is 0 Å². The Morgan fingerprint density at radius 2 is 1.47 bits per heavy atom. The number of amides is 1. The molecule has 0 atom stereocenters. The number of benzene rings is 2. The van der Waals surface area contributed by atoms with E-state index in [0.717, 1.165) is 62.5 Å². The molecule has 0 bridgehead atoms. The van der Waals surface area contributed by atoms with E-state index in [1.807, 2.05) is 24.3 Å². The molecule has 236 valence electrons. The first-order valence-electron chi connectivity index (χ1n) is 12.7. The Balaban J connectivity index is 0.000000384. The van der Waals surface area contributed by atoms with Crippen LogP contribution in [-0.4, -0.2) is 79.7 Å². The van der Waals surface area contributed by atoms with Crippen LogP contribution in [0.25, 0.3) is 5.57 Å². The standard InChI is InChI=1S/C23H27ClN4O.2C2HF3O2/c1-16-14-19(3-5-22(16)28-12-10-26-11-13-28)27-23(29)18-2-4-20(21(24)15-18)17-6-8-25-9-7-17;2*3-2(4,5)1(6)7/h2-6,14-15,25-26H,7-13H2,1H3,(H,27,29);2*(H,6,7). The zero-order valence-corrected chi connectivity index (χ0v) is 23.5. The maximum atomic E-state index is 12.7. The number of nitrogens with one attached hydrogen (secondary N) is 3. The van der Waals surface area contributed by atoms with Gasteiger partial charge in [-0.15, -0.1) is 0 Å². The van der Waals surface area contributed by atoms with Crippen LogP contribution < -0.4 is 20.9 Å². The van der Waals surface area contributed by atoms with E-state index in [0.29, 0.717) is 10.6 Å². The normalized spacial score (nSPS) is 15.2. The Morgan fingerprint density at radius 1 is 0.884 bits per heavy atom. The molecule has 1 saturated heterocycles. The molecule has 16 heteroatoms. The van der Waals surface area contributed by atoms with Gasteiger partial charge < -0.3 is 31.1 Å². The molecule has 43 heavy (non-hydrogen) atoms. The van der Waals surface area contributed by atoms with Crippen LogP contribution >= 0.6 is 11.6 Å². The van der Waals surface area contributed by atoms with Gasteiger partial charge in [-0.1, -0.05) is 23.7 Å². The maximum absolute atomic E-state index is 12.7. The fourth-order valence-electron chi connectivity index (χ4n) is 3.98. The summed E-state index contributed by atoms with van der Waals surface area (Å²) >= 11 is 6.49. The Bertz CT molecular complexity index is 1300. The molecule has 0 aliphatic carbocycles. The number of hydrogen-bond donors (Lipinski definition) is 5. The van der Waals surface area contributed by atoms with Crippen molar-refractivity contribution in [2.24, 2.45) is 0 Å². The number of aliphatic carboxylic acids is 2.